The Morgan fingerprint density at radius 2 is 1.97 bits per heavy atom. The number of hydrogen-bond acceptors (Lipinski definition) is 6. The Morgan fingerprint density at radius 3 is 2.65 bits per heavy atom. The molecule has 0 aliphatic carbocycles. The summed E-state index contributed by atoms with van der Waals surface area (Å²) in [4.78, 5) is 16.2. The number of benzene rings is 2. The molecule has 0 radical (unpaired) electrons. The lowest BCUT2D eigenvalue weighted by Crippen LogP contribution is -2.12. The number of hydrogen-bond donors (Lipinski definition) is 3. The molecule has 31 heavy (non-hydrogen) atoms. The molecular weight excluding hydrogens is 420 g/mol. The van der Waals surface area contributed by atoms with Crippen LogP contribution in [0.5, 0.6) is 0 Å². The largest absolute Gasteiger partial charge is 0.476 e. The summed E-state index contributed by atoms with van der Waals surface area (Å²) in [7, 11) is 0. The van der Waals surface area contributed by atoms with E-state index < -0.39 is 12.1 Å². The van der Waals surface area contributed by atoms with Crippen LogP contribution in [0, 0.1) is 0 Å². The van der Waals surface area contributed by atoms with Crippen LogP contribution in [0.4, 0.5) is 0 Å². The van der Waals surface area contributed by atoms with Gasteiger partial charge in [0.1, 0.15) is 5.82 Å². The highest BCUT2D eigenvalue weighted by atomic mass is 35.5. The fourth-order valence-corrected chi connectivity index (χ4v) is 3.69. The van der Waals surface area contributed by atoms with Crippen molar-refractivity contribution in [1.82, 2.24) is 30.2 Å². The number of carbonyl (C=O) groups is 1. The predicted molar refractivity (Wildman–Crippen MR) is 114 cm³/mol. The molecule has 10 heteroatoms. The second kappa shape index (κ2) is 8.66. The van der Waals surface area contributed by atoms with Gasteiger partial charge in [0, 0.05) is 17.7 Å². The molecule has 0 aliphatic rings. The number of nitrogens with zero attached hydrogens (tertiary/aromatic N) is 5. The molecule has 9 nitrogen and oxygen atoms in total. The van der Waals surface area contributed by atoms with Gasteiger partial charge in [0.25, 0.3) is 0 Å². The lowest BCUT2D eigenvalue weighted by Gasteiger charge is -2.13. The molecule has 0 saturated heterocycles. The second-order valence-corrected chi connectivity index (χ2v) is 7.39. The highest BCUT2D eigenvalue weighted by molar-refractivity contribution is 6.32. The number of nitrogens with one attached hydrogen (secondary N) is 1. The molecule has 2 aromatic carbocycles. The van der Waals surface area contributed by atoms with Gasteiger partial charge in [0.2, 0.25) is 5.82 Å². The number of carboxylic acid groups (broad SMARTS) is 1. The van der Waals surface area contributed by atoms with Gasteiger partial charge in [-0.25, -0.2) is 9.78 Å². The number of imidazole rings is 1. The number of aromatic amines is 1. The number of rotatable bonds is 7. The topological polar surface area (TPSA) is 130 Å². The van der Waals surface area contributed by atoms with E-state index in [1.807, 2.05) is 42.5 Å². The molecule has 0 amide bonds. The normalized spacial score (nSPS) is 12.1. The smallest absolute Gasteiger partial charge is 0.356 e. The molecule has 4 rings (SSSR count). The van der Waals surface area contributed by atoms with Gasteiger partial charge in [-0.1, -0.05) is 48.0 Å². The van der Waals surface area contributed by atoms with Crippen LogP contribution in [0.2, 0.25) is 5.15 Å². The molecule has 0 aliphatic heterocycles. The van der Waals surface area contributed by atoms with Crippen LogP contribution in [0.3, 0.4) is 0 Å². The first kappa shape index (κ1) is 20.7. The number of H-pyrrole nitrogens is 1. The molecule has 3 N–H and O–H groups in total. The molecule has 0 fully saturated rings. The maximum Gasteiger partial charge on any atom is 0.356 e. The number of aliphatic hydroxyl groups is 1. The van der Waals surface area contributed by atoms with Crippen molar-refractivity contribution in [3.05, 3.63) is 65.2 Å². The first-order chi connectivity index (χ1) is 15.0. The summed E-state index contributed by atoms with van der Waals surface area (Å²) >= 11 is 6.16. The Kier molecular flexibility index (Phi) is 5.79. The molecule has 0 spiro atoms. The van der Waals surface area contributed by atoms with E-state index in [4.69, 9.17) is 11.6 Å². The number of aromatic nitrogens is 6. The van der Waals surface area contributed by atoms with Crippen molar-refractivity contribution < 1.29 is 15.0 Å². The fraction of sp³-hybridized carbons (Fsp3) is 0.190. The van der Waals surface area contributed by atoms with Gasteiger partial charge in [-0.15, -0.1) is 10.2 Å². The van der Waals surface area contributed by atoms with Gasteiger partial charge >= 0.3 is 5.97 Å². The molecule has 4 aromatic rings. The van der Waals surface area contributed by atoms with Gasteiger partial charge in [-0.05, 0) is 41.8 Å². The lowest BCUT2D eigenvalue weighted by molar-refractivity contribution is 0.0688. The Morgan fingerprint density at radius 1 is 1.19 bits per heavy atom. The van der Waals surface area contributed by atoms with E-state index in [1.165, 1.54) is 4.57 Å². The molecule has 158 valence electrons. The maximum absolute atomic E-state index is 11.9. The van der Waals surface area contributed by atoms with Crippen LogP contribution in [0.1, 0.15) is 29.7 Å². The molecule has 2 aromatic heterocycles. The van der Waals surface area contributed by atoms with Crippen molar-refractivity contribution in [2.24, 2.45) is 0 Å². The van der Waals surface area contributed by atoms with Crippen LogP contribution in [0.15, 0.2) is 48.5 Å². The van der Waals surface area contributed by atoms with Crippen molar-refractivity contribution in [3.63, 3.8) is 0 Å². The van der Waals surface area contributed by atoms with Gasteiger partial charge in [-0.3, -0.25) is 4.57 Å². The number of halogens is 1. The SMILES string of the molecule is CC(O)CCc1nc(Cl)c(C(=O)O)n1-c1cccc(-c2ccccc2-c2nn[nH]n2)c1. The zero-order valence-electron chi connectivity index (χ0n) is 16.5. The van der Waals surface area contributed by atoms with Crippen LogP contribution in [-0.4, -0.2) is 52.5 Å². The van der Waals surface area contributed by atoms with Crippen molar-refractivity contribution in [2.75, 3.05) is 0 Å². The zero-order valence-corrected chi connectivity index (χ0v) is 17.3. The summed E-state index contributed by atoms with van der Waals surface area (Å²) in [6.45, 7) is 1.67. The monoisotopic (exact) mass is 438 g/mol. The first-order valence-corrected chi connectivity index (χ1v) is 9.95. The fourth-order valence-electron chi connectivity index (χ4n) is 3.42. The molecule has 0 saturated carbocycles. The van der Waals surface area contributed by atoms with Crippen molar-refractivity contribution >= 4 is 17.6 Å². The Balaban J connectivity index is 1.85. The quantitative estimate of drug-likeness (QED) is 0.403. The number of aromatic carboxylic acids is 1. The third-order valence-electron chi connectivity index (χ3n) is 4.82. The van der Waals surface area contributed by atoms with Crippen LogP contribution < -0.4 is 0 Å². The van der Waals surface area contributed by atoms with Crippen LogP contribution in [0.25, 0.3) is 28.2 Å². The van der Waals surface area contributed by atoms with E-state index in [0.29, 0.717) is 30.2 Å². The number of carboxylic acids is 1. The summed E-state index contributed by atoms with van der Waals surface area (Å²) in [5, 5.41) is 33.5. The first-order valence-electron chi connectivity index (χ1n) is 9.58. The van der Waals surface area contributed by atoms with E-state index >= 15 is 0 Å². The average Bonchev–Trinajstić information content (AvgIpc) is 3.40. The van der Waals surface area contributed by atoms with Gasteiger partial charge < -0.3 is 10.2 Å². The summed E-state index contributed by atoms with van der Waals surface area (Å²) in [5.41, 5.74) is 2.95. The van der Waals surface area contributed by atoms with E-state index in [9.17, 15) is 15.0 Å². The van der Waals surface area contributed by atoms with Crippen LogP contribution >= 0.6 is 11.6 Å². The third-order valence-corrected chi connectivity index (χ3v) is 5.08. The van der Waals surface area contributed by atoms with Gasteiger partial charge in [-0.2, -0.15) is 5.21 Å². The van der Waals surface area contributed by atoms with E-state index in [-0.39, 0.29) is 10.8 Å². The standard InChI is InChI=1S/C21H19ClN6O3/c1-12(29)9-10-17-23-19(22)18(21(30)31)28(17)14-6-4-5-13(11-14)15-7-2-3-8-16(15)20-24-26-27-25-20/h2-8,11-12,29H,9-10H2,1H3,(H,30,31)(H,24,25,26,27). The maximum atomic E-state index is 11.9. The molecule has 2 heterocycles. The summed E-state index contributed by atoms with van der Waals surface area (Å²) in [5.74, 6) is -0.263. The minimum absolute atomic E-state index is 0.0920. The van der Waals surface area contributed by atoms with Gasteiger partial charge in [0.15, 0.2) is 10.8 Å². The summed E-state index contributed by atoms with van der Waals surface area (Å²) < 4.78 is 1.52. The van der Waals surface area contributed by atoms with E-state index in [0.717, 1.165) is 16.7 Å². The average molecular weight is 439 g/mol. The number of aliphatic hydroxyl groups excluding tert-OH is 1. The minimum Gasteiger partial charge on any atom is -0.476 e. The summed E-state index contributed by atoms with van der Waals surface area (Å²) in [6, 6.07) is 15.0. The van der Waals surface area contributed by atoms with Crippen LogP contribution in [-0.2, 0) is 6.42 Å². The predicted octanol–water partition coefficient (Wildman–Crippen LogP) is 3.38. The Hall–Kier alpha value is -3.56. The molecule has 0 bridgehead atoms. The van der Waals surface area contributed by atoms with Crippen molar-refractivity contribution in [1.29, 1.82) is 0 Å². The lowest BCUT2D eigenvalue weighted by atomic mass is 9.99. The van der Waals surface area contributed by atoms with E-state index in [2.05, 4.69) is 25.6 Å². The molecule has 1 atom stereocenters. The Labute approximate surface area is 182 Å². The number of tetrazole rings is 1. The number of aryl methyl sites for hydroxylation is 1. The third kappa shape index (κ3) is 4.18. The second-order valence-electron chi connectivity index (χ2n) is 7.03. The minimum atomic E-state index is -1.18. The molecular formula is C21H19ClN6O3. The molecule has 1 unspecified atom stereocenters. The highest BCUT2D eigenvalue weighted by Crippen LogP contribution is 2.32. The Bertz CT molecular complexity index is 1220. The van der Waals surface area contributed by atoms with Gasteiger partial charge in [0.05, 0.1) is 6.10 Å². The zero-order chi connectivity index (χ0) is 22.0. The highest BCUT2D eigenvalue weighted by Gasteiger charge is 2.23. The van der Waals surface area contributed by atoms with E-state index in [1.54, 1.807) is 13.0 Å². The van der Waals surface area contributed by atoms with Crippen molar-refractivity contribution in [2.45, 2.75) is 25.9 Å². The van der Waals surface area contributed by atoms with Crippen molar-refractivity contribution in [3.8, 4) is 28.2 Å². The summed E-state index contributed by atoms with van der Waals surface area (Å²) in [6.07, 6.45) is 0.242.